The number of benzene rings is 1. The minimum atomic E-state index is 0.129. The zero-order chi connectivity index (χ0) is 17.6. The third kappa shape index (κ3) is 2.85. The van der Waals surface area contributed by atoms with Crippen molar-refractivity contribution in [2.75, 3.05) is 7.11 Å². The Morgan fingerprint density at radius 3 is 2.32 bits per heavy atom. The van der Waals surface area contributed by atoms with Crippen LogP contribution in [0.4, 0.5) is 0 Å². The minimum absolute atomic E-state index is 0.129. The summed E-state index contributed by atoms with van der Waals surface area (Å²) in [5, 5.41) is 9.29. The van der Waals surface area contributed by atoms with Crippen LogP contribution in [0, 0.1) is 29.1 Å². The lowest BCUT2D eigenvalue weighted by Gasteiger charge is -2.57. The van der Waals surface area contributed by atoms with E-state index in [9.17, 15) is 5.26 Å². The van der Waals surface area contributed by atoms with Crippen molar-refractivity contribution in [3.05, 3.63) is 34.9 Å². The molecule has 0 unspecified atom stereocenters. The van der Waals surface area contributed by atoms with E-state index < -0.39 is 0 Å². The fourth-order valence-electron chi connectivity index (χ4n) is 5.96. The van der Waals surface area contributed by atoms with Crippen LogP contribution in [0.2, 0.25) is 0 Å². The maximum absolute atomic E-state index is 9.29. The summed E-state index contributed by atoms with van der Waals surface area (Å²) in [5.41, 5.74) is 8.62. The molecule has 0 heterocycles. The van der Waals surface area contributed by atoms with Crippen LogP contribution >= 0.6 is 12.2 Å². The van der Waals surface area contributed by atoms with E-state index in [1.54, 1.807) is 13.2 Å². The first-order valence-electron chi connectivity index (χ1n) is 9.13. The highest BCUT2D eigenvalue weighted by molar-refractivity contribution is 7.80. The quantitative estimate of drug-likeness (QED) is 0.497. The fourth-order valence-corrected chi connectivity index (χ4v) is 6.06. The van der Waals surface area contributed by atoms with Crippen LogP contribution in [0.15, 0.2) is 23.8 Å². The molecular weight excluding hydrogens is 328 g/mol. The van der Waals surface area contributed by atoms with Gasteiger partial charge in [0.25, 0.3) is 0 Å². The number of nitrogens with zero attached hydrogens (tertiary/aromatic N) is 1. The predicted octanol–water partition coefficient (Wildman–Crippen LogP) is 4.36. The smallest absolute Gasteiger partial charge is 0.126 e. The topological polar surface area (TPSA) is 59.0 Å². The lowest BCUT2D eigenvalue weighted by atomic mass is 9.48. The van der Waals surface area contributed by atoms with Gasteiger partial charge in [-0.2, -0.15) is 5.26 Å². The van der Waals surface area contributed by atoms with Gasteiger partial charge in [0.2, 0.25) is 0 Å². The first kappa shape index (κ1) is 16.6. The highest BCUT2D eigenvalue weighted by Crippen LogP contribution is 2.60. The van der Waals surface area contributed by atoms with Crippen molar-refractivity contribution >= 4 is 23.3 Å². The summed E-state index contributed by atoms with van der Waals surface area (Å²) in [4.78, 5) is 0.129. The van der Waals surface area contributed by atoms with Crippen LogP contribution in [0.25, 0.3) is 6.08 Å². The third-order valence-electron chi connectivity index (χ3n) is 6.57. The minimum Gasteiger partial charge on any atom is -0.496 e. The highest BCUT2D eigenvalue weighted by atomic mass is 32.1. The van der Waals surface area contributed by atoms with Crippen LogP contribution in [0.5, 0.6) is 5.75 Å². The van der Waals surface area contributed by atoms with E-state index in [-0.39, 0.29) is 4.99 Å². The molecule has 0 aliphatic heterocycles. The van der Waals surface area contributed by atoms with Crippen molar-refractivity contribution < 1.29 is 4.74 Å². The monoisotopic (exact) mass is 352 g/mol. The average molecular weight is 353 g/mol. The van der Waals surface area contributed by atoms with E-state index in [1.165, 1.54) is 44.1 Å². The van der Waals surface area contributed by atoms with Gasteiger partial charge in [-0.25, -0.2) is 0 Å². The Balaban J connectivity index is 1.76. The van der Waals surface area contributed by atoms with Gasteiger partial charge < -0.3 is 10.5 Å². The summed E-state index contributed by atoms with van der Waals surface area (Å²) < 4.78 is 5.51. The standard InChI is InChI=1S/C21H24N2OS/c1-24-19-3-2-18(8-16(19)7-17(12-22)20(23)25)21-9-13-4-14(10-21)6-15(5-13)11-21/h2-3,7-8,13-15H,4-6,9-11H2,1H3,(H2,23,25)/b17-7+. The normalized spacial score (nSPS) is 33.1. The molecule has 1 aromatic carbocycles. The van der Waals surface area contributed by atoms with Gasteiger partial charge >= 0.3 is 0 Å². The molecule has 3 nitrogen and oxygen atoms in total. The van der Waals surface area contributed by atoms with Gasteiger partial charge in [0.1, 0.15) is 16.8 Å². The van der Waals surface area contributed by atoms with Gasteiger partial charge in [-0.05, 0) is 85.5 Å². The van der Waals surface area contributed by atoms with E-state index >= 15 is 0 Å². The molecule has 2 N–H and O–H groups in total. The van der Waals surface area contributed by atoms with E-state index in [0.29, 0.717) is 11.0 Å². The van der Waals surface area contributed by atoms with Gasteiger partial charge in [0.05, 0.1) is 12.7 Å². The van der Waals surface area contributed by atoms with Crippen molar-refractivity contribution in [1.29, 1.82) is 5.26 Å². The molecular formula is C21H24N2OS. The summed E-state index contributed by atoms with van der Waals surface area (Å²) in [6, 6.07) is 8.57. The molecule has 4 bridgehead atoms. The second kappa shape index (κ2) is 6.14. The largest absolute Gasteiger partial charge is 0.496 e. The van der Waals surface area contributed by atoms with Gasteiger partial charge in [0, 0.05) is 5.56 Å². The summed E-state index contributed by atoms with van der Waals surface area (Å²) in [6.45, 7) is 0. The lowest BCUT2D eigenvalue weighted by molar-refractivity contribution is -0.00521. The molecule has 4 saturated carbocycles. The molecule has 130 valence electrons. The first-order valence-corrected chi connectivity index (χ1v) is 9.54. The molecule has 0 amide bonds. The van der Waals surface area contributed by atoms with E-state index in [2.05, 4.69) is 18.2 Å². The van der Waals surface area contributed by atoms with Gasteiger partial charge in [-0.3, -0.25) is 0 Å². The van der Waals surface area contributed by atoms with Gasteiger partial charge in [0.15, 0.2) is 0 Å². The van der Waals surface area contributed by atoms with Crippen molar-refractivity contribution in [3.8, 4) is 11.8 Å². The molecule has 0 aromatic heterocycles. The Hall–Kier alpha value is -1.86. The average Bonchev–Trinajstić information content (AvgIpc) is 2.58. The predicted molar refractivity (Wildman–Crippen MR) is 103 cm³/mol. The first-order chi connectivity index (χ1) is 12.0. The van der Waals surface area contributed by atoms with Crippen LogP contribution in [0.1, 0.15) is 49.7 Å². The fraction of sp³-hybridized carbons (Fsp3) is 0.524. The lowest BCUT2D eigenvalue weighted by Crippen LogP contribution is -2.48. The summed E-state index contributed by atoms with van der Waals surface area (Å²) >= 11 is 4.99. The van der Waals surface area contributed by atoms with E-state index in [4.69, 9.17) is 22.7 Å². The molecule has 0 spiro atoms. The molecule has 4 fully saturated rings. The molecule has 4 aliphatic carbocycles. The molecule has 1 aromatic rings. The zero-order valence-corrected chi connectivity index (χ0v) is 15.4. The molecule has 4 heteroatoms. The van der Waals surface area contributed by atoms with Crippen molar-refractivity contribution in [2.45, 2.75) is 43.9 Å². The maximum Gasteiger partial charge on any atom is 0.126 e. The molecule has 0 saturated heterocycles. The van der Waals surface area contributed by atoms with Crippen molar-refractivity contribution in [1.82, 2.24) is 0 Å². The maximum atomic E-state index is 9.29. The molecule has 0 radical (unpaired) electrons. The van der Waals surface area contributed by atoms with E-state index in [1.807, 2.05) is 6.07 Å². The van der Waals surface area contributed by atoms with Gasteiger partial charge in [-0.15, -0.1) is 0 Å². The number of thiocarbonyl (C=S) groups is 1. The molecule has 25 heavy (non-hydrogen) atoms. The number of hydrogen-bond donors (Lipinski definition) is 1. The molecule has 0 atom stereocenters. The Labute approximate surface area is 154 Å². The molecule has 4 aliphatic rings. The van der Waals surface area contributed by atoms with Crippen molar-refractivity contribution in [2.24, 2.45) is 23.5 Å². The Kier molecular flexibility index (Phi) is 4.08. The van der Waals surface area contributed by atoms with Crippen LogP contribution in [-0.2, 0) is 5.41 Å². The zero-order valence-electron chi connectivity index (χ0n) is 14.6. The Bertz CT molecular complexity index is 754. The third-order valence-corrected chi connectivity index (χ3v) is 6.79. The number of nitrogens with two attached hydrogens (primary N) is 1. The number of nitriles is 1. The van der Waals surface area contributed by atoms with Crippen molar-refractivity contribution in [3.63, 3.8) is 0 Å². The second-order valence-corrected chi connectivity index (χ2v) is 8.63. The number of ether oxygens (including phenoxy) is 1. The highest BCUT2D eigenvalue weighted by Gasteiger charge is 2.51. The van der Waals surface area contributed by atoms with Crippen LogP contribution in [0.3, 0.4) is 0 Å². The van der Waals surface area contributed by atoms with Gasteiger partial charge in [-0.1, -0.05) is 18.3 Å². The van der Waals surface area contributed by atoms with Crippen LogP contribution < -0.4 is 10.5 Å². The number of rotatable bonds is 4. The Morgan fingerprint density at radius 1 is 1.24 bits per heavy atom. The summed E-state index contributed by atoms with van der Waals surface area (Å²) in [6.07, 6.45) is 10.0. The molecule has 5 rings (SSSR count). The second-order valence-electron chi connectivity index (χ2n) is 8.19. The number of methoxy groups -OCH3 is 1. The summed E-state index contributed by atoms with van der Waals surface area (Å²) in [7, 11) is 1.66. The summed E-state index contributed by atoms with van der Waals surface area (Å²) in [5.74, 6) is 3.47. The SMILES string of the molecule is COc1ccc(C23CC4CC(CC(C4)C2)C3)cc1/C=C(\C#N)C(N)=S. The Morgan fingerprint density at radius 2 is 1.84 bits per heavy atom. The van der Waals surface area contributed by atoms with Crippen LogP contribution in [-0.4, -0.2) is 12.1 Å². The number of hydrogen-bond acceptors (Lipinski definition) is 3. The van der Waals surface area contributed by atoms with E-state index in [0.717, 1.165) is 29.1 Å².